The molecular weight excluding hydrogens is 577 g/mol. The SMILES string of the molecule is C#C[C@](COC(=O)C(CCC)CCC)(OC)[C@@H](O)Cn1cnc2c(NC(=O)CCCCCCCCCCCCC)nc(F)nc21. The van der Waals surface area contributed by atoms with E-state index in [-0.39, 0.29) is 54.3 Å². The van der Waals surface area contributed by atoms with Gasteiger partial charge in [-0.15, -0.1) is 6.42 Å². The Kier molecular flexibility index (Phi) is 17.6. The monoisotopic (exact) mass is 631 g/mol. The zero-order valence-electron chi connectivity index (χ0n) is 27.8. The third-order valence-electron chi connectivity index (χ3n) is 8.25. The molecule has 2 N–H and O–H groups in total. The minimum Gasteiger partial charge on any atom is -0.461 e. The van der Waals surface area contributed by atoms with Gasteiger partial charge < -0.3 is 24.5 Å². The van der Waals surface area contributed by atoms with Crippen LogP contribution in [0.25, 0.3) is 11.2 Å². The molecule has 0 bridgehead atoms. The number of rotatable bonds is 24. The number of hydrogen-bond donors (Lipinski definition) is 2. The summed E-state index contributed by atoms with van der Waals surface area (Å²) in [4.78, 5) is 37.2. The van der Waals surface area contributed by atoms with Gasteiger partial charge in [0.2, 0.25) is 5.91 Å². The molecule has 1 amide bonds. The van der Waals surface area contributed by atoms with Gasteiger partial charge in [-0.05, 0) is 19.3 Å². The van der Waals surface area contributed by atoms with Crippen LogP contribution in [0.2, 0.25) is 0 Å². The quantitative estimate of drug-likeness (QED) is 0.0564. The maximum atomic E-state index is 14.5. The third-order valence-corrected chi connectivity index (χ3v) is 8.25. The molecule has 0 aliphatic carbocycles. The standard InChI is InChI=1S/C34H54FN5O5/c1-6-10-11-12-13-14-15-16-17-18-19-22-28(42)37-30-29-31(39-33(35)38-30)40(25-36-29)23-27(41)34(9-4,44-5)24-45-32(43)26(20-7-2)21-8-3/h4,25-27,41H,6-8,10-24H2,1-3,5H3,(H,37,38,39,42)/t27-,34+/m0/s1. The molecule has 0 aliphatic heterocycles. The summed E-state index contributed by atoms with van der Waals surface area (Å²) < 4.78 is 26.9. The number of carbonyl (C=O) groups excluding carboxylic acids is 2. The average molecular weight is 632 g/mol. The molecular formula is C34H54FN5O5. The van der Waals surface area contributed by atoms with Crippen LogP contribution in [-0.4, -0.2) is 61.9 Å². The number of hydrogen-bond acceptors (Lipinski definition) is 8. The lowest BCUT2D eigenvalue weighted by atomic mass is 9.96. The van der Waals surface area contributed by atoms with E-state index in [1.54, 1.807) is 0 Å². The summed E-state index contributed by atoms with van der Waals surface area (Å²) in [6.07, 6.45) is 21.0. The highest BCUT2D eigenvalue weighted by atomic mass is 19.1. The summed E-state index contributed by atoms with van der Waals surface area (Å²) in [5.41, 5.74) is -1.42. The van der Waals surface area contributed by atoms with Gasteiger partial charge in [0.05, 0.1) is 18.8 Å². The number of aliphatic hydroxyl groups excluding tert-OH is 1. The van der Waals surface area contributed by atoms with Gasteiger partial charge >= 0.3 is 12.0 Å². The van der Waals surface area contributed by atoms with Crippen molar-refractivity contribution in [2.75, 3.05) is 19.0 Å². The maximum absolute atomic E-state index is 14.5. The number of aliphatic hydroxyl groups is 1. The van der Waals surface area contributed by atoms with Gasteiger partial charge in [-0.1, -0.05) is 104 Å². The zero-order valence-corrected chi connectivity index (χ0v) is 27.8. The predicted molar refractivity (Wildman–Crippen MR) is 174 cm³/mol. The number of nitrogens with zero attached hydrogens (tertiary/aromatic N) is 4. The number of aromatic nitrogens is 4. The number of esters is 1. The van der Waals surface area contributed by atoms with Crippen molar-refractivity contribution in [3.05, 3.63) is 12.4 Å². The number of nitrogens with one attached hydrogen (secondary N) is 1. The lowest BCUT2D eigenvalue weighted by molar-refractivity contribution is -0.162. The van der Waals surface area contributed by atoms with Crippen molar-refractivity contribution >= 4 is 28.9 Å². The van der Waals surface area contributed by atoms with Crippen molar-refractivity contribution < 1.29 is 28.6 Å². The summed E-state index contributed by atoms with van der Waals surface area (Å²) in [5.74, 6) is 1.46. The number of carbonyl (C=O) groups is 2. The van der Waals surface area contributed by atoms with E-state index in [0.29, 0.717) is 12.8 Å². The fourth-order valence-corrected chi connectivity index (χ4v) is 5.48. The van der Waals surface area contributed by atoms with Crippen LogP contribution >= 0.6 is 0 Å². The van der Waals surface area contributed by atoms with Crippen LogP contribution in [0.3, 0.4) is 0 Å². The van der Waals surface area contributed by atoms with Gasteiger partial charge in [0, 0.05) is 13.5 Å². The van der Waals surface area contributed by atoms with Crippen molar-refractivity contribution in [3.63, 3.8) is 0 Å². The lowest BCUT2D eigenvalue weighted by Crippen LogP contribution is -2.49. The first-order valence-corrected chi connectivity index (χ1v) is 16.8. The fraction of sp³-hybridized carbons (Fsp3) is 0.735. The highest BCUT2D eigenvalue weighted by Crippen LogP contribution is 2.24. The predicted octanol–water partition coefficient (Wildman–Crippen LogP) is 6.74. The molecule has 2 heterocycles. The molecule has 45 heavy (non-hydrogen) atoms. The summed E-state index contributed by atoms with van der Waals surface area (Å²) in [6, 6.07) is 0. The third kappa shape index (κ3) is 12.3. The summed E-state index contributed by atoms with van der Waals surface area (Å²) in [6.45, 7) is 5.67. The number of amides is 1. The first-order chi connectivity index (χ1) is 21.7. The Labute approximate surface area is 268 Å². The molecule has 0 saturated carbocycles. The van der Waals surface area contributed by atoms with Crippen LogP contribution in [0.1, 0.15) is 124 Å². The number of halogens is 1. The van der Waals surface area contributed by atoms with Crippen LogP contribution < -0.4 is 5.32 Å². The van der Waals surface area contributed by atoms with Gasteiger partial charge in [-0.2, -0.15) is 14.4 Å². The molecule has 11 heteroatoms. The Hall–Kier alpha value is -3.10. The molecule has 0 radical (unpaired) electrons. The number of ether oxygens (including phenoxy) is 2. The van der Waals surface area contributed by atoms with E-state index in [9.17, 15) is 19.1 Å². The second kappa shape index (κ2) is 20.8. The van der Waals surface area contributed by atoms with Gasteiger partial charge in [0.1, 0.15) is 12.7 Å². The van der Waals surface area contributed by atoms with Crippen molar-refractivity contribution in [3.8, 4) is 12.3 Å². The second-order valence-electron chi connectivity index (χ2n) is 11.9. The van der Waals surface area contributed by atoms with E-state index in [2.05, 4.69) is 33.1 Å². The number of fused-ring (bicyclic) bond motifs is 1. The number of imidazole rings is 1. The molecule has 0 unspecified atom stereocenters. The molecule has 0 spiro atoms. The highest BCUT2D eigenvalue weighted by molar-refractivity contribution is 5.96. The molecule has 2 atom stereocenters. The van der Waals surface area contributed by atoms with Gasteiger partial charge in [-0.25, -0.2) is 4.98 Å². The number of terminal acetylenes is 1. The van der Waals surface area contributed by atoms with Gasteiger partial charge in [-0.3, -0.25) is 9.59 Å². The topological polar surface area (TPSA) is 128 Å². The van der Waals surface area contributed by atoms with Crippen LogP contribution in [-0.2, 0) is 25.6 Å². The Morgan fingerprint density at radius 2 is 1.60 bits per heavy atom. The van der Waals surface area contributed by atoms with Gasteiger partial charge in [0.25, 0.3) is 0 Å². The Morgan fingerprint density at radius 1 is 1.00 bits per heavy atom. The fourth-order valence-electron chi connectivity index (χ4n) is 5.48. The van der Waals surface area contributed by atoms with E-state index >= 15 is 0 Å². The molecule has 10 nitrogen and oxygen atoms in total. The van der Waals surface area contributed by atoms with Gasteiger partial charge in [0.15, 0.2) is 22.6 Å². The molecule has 2 aromatic heterocycles. The Morgan fingerprint density at radius 3 is 2.16 bits per heavy atom. The Bertz CT molecular complexity index is 1210. The van der Waals surface area contributed by atoms with Crippen molar-refractivity contribution in [2.24, 2.45) is 5.92 Å². The van der Waals surface area contributed by atoms with Crippen molar-refractivity contribution in [1.29, 1.82) is 0 Å². The first kappa shape index (κ1) is 38.1. The minimum absolute atomic E-state index is 0.0411. The molecule has 0 saturated heterocycles. The summed E-state index contributed by atoms with van der Waals surface area (Å²) in [5, 5.41) is 13.8. The minimum atomic E-state index is -1.66. The Balaban J connectivity index is 1.96. The van der Waals surface area contributed by atoms with E-state index in [1.165, 1.54) is 69.4 Å². The van der Waals surface area contributed by atoms with Crippen LogP contribution in [0.4, 0.5) is 10.2 Å². The molecule has 0 aliphatic rings. The lowest BCUT2D eigenvalue weighted by Gasteiger charge is -2.32. The summed E-state index contributed by atoms with van der Waals surface area (Å²) in [7, 11) is 1.32. The van der Waals surface area contributed by atoms with Crippen LogP contribution in [0.5, 0.6) is 0 Å². The molecule has 252 valence electrons. The maximum Gasteiger partial charge on any atom is 0.312 e. The molecule has 0 fully saturated rings. The number of methoxy groups -OCH3 is 1. The molecule has 2 rings (SSSR count). The normalized spacial score (nSPS) is 13.5. The largest absolute Gasteiger partial charge is 0.461 e. The molecule has 0 aromatic carbocycles. The number of unbranched alkanes of at least 4 members (excludes halogenated alkanes) is 10. The van der Waals surface area contributed by atoms with E-state index < -0.39 is 17.8 Å². The van der Waals surface area contributed by atoms with Crippen molar-refractivity contribution in [1.82, 2.24) is 19.5 Å². The van der Waals surface area contributed by atoms with Crippen LogP contribution in [0.15, 0.2) is 6.33 Å². The second-order valence-corrected chi connectivity index (χ2v) is 11.9. The molecule has 2 aromatic rings. The highest BCUT2D eigenvalue weighted by Gasteiger charge is 2.39. The van der Waals surface area contributed by atoms with E-state index in [1.807, 2.05) is 13.8 Å². The van der Waals surface area contributed by atoms with Crippen LogP contribution in [0, 0.1) is 24.3 Å². The van der Waals surface area contributed by atoms with Crippen molar-refractivity contribution in [2.45, 2.75) is 142 Å². The smallest absolute Gasteiger partial charge is 0.312 e. The summed E-state index contributed by atoms with van der Waals surface area (Å²) >= 11 is 0. The number of anilines is 1. The van der Waals surface area contributed by atoms with E-state index in [4.69, 9.17) is 15.9 Å². The average Bonchev–Trinajstić information content (AvgIpc) is 3.42. The van der Waals surface area contributed by atoms with E-state index in [0.717, 1.165) is 32.1 Å². The first-order valence-electron chi connectivity index (χ1n) is 16.8. The zero-order chi connectivity index (χ0) is 33.1.